The minimum absolute atomic E-state index is 0.122. The fraction of sp³-hybridized carbons (Fsp3) is 0.462. The second-order valence-corrected chi connectivity index (χ2v) is 7.29. The minimum Gasteiger partial charge on any atom is -0.507 e. The molecule has 0 aliphatic heterocycles. The molecule has 1 aliphatic carbocycles. The Bertz CT molecular complexity index is 640. The number of benzene rings is 1. The molecule has 0 heterocycles. The Morgan fingerprint density at radius 1 is 1.45 bits per heavy atom. The quantitative estimate of drug-likeness (QED) is 0.856. The topological polar surface area (TPSA) is 94.9 Å². The van der Waals surface area contributed by atoms with Gasteiger partial charge >= 0.3 is 5.97 Å². The zero-order valence-electron chi connectivity index (χ0n) is 11.3. The van der Waals surface area contributed by atoms with Crippen LogP contribution in [0.2, 0.25) is 0 Å². The molecule has 7 heteroatoms. The number of phenols is 1. The van der Waals surface area contributed by atoms with Gasteiger partial charge in [0, 0.05) is 13.6 Å². The summed E-state index contributed by atoms with van der Waals surface area (Å²) in [6.45, 7) is 2.49. The Morgan fingerprint density at radius 2 is 2.05 bits per heavy atom. The van der Waals surface area contributed by atoms with E-state index >= 15 is 0 Å². The minimum atomic E-state index is -3.73. The Labute approximate surface area is 117 Å². The molecular weight excluding hydrogens is 282 g/mol. The summed E-state index contributed by atoms with van der Waals surface area (Å²) in [6.07, 6.45) is 1.01. The first-order chi connectivity index (χ1) is 9.23. The van der Waals surface area contributed by atoms with Crippen LogP contribution in [0.15, 0.2) is 23.1 Å². The van der Waals surface area contributed by atoms with Crippen molar-refractivity contribution in [3.05, 3.63) is 23.8 Å². The predicted molar refractivity (Wildman–Crippen MR) is 72.2 cm³/mol. The molecule has 20 heavy (non-hydrogen) atoms. The van der Waals surface area contributed by atoms with Crippen LogP contribution in [0.4, 0.5) is 0 Å². The van der Waals surface area contributed by atoms with Gasteiger partial charge in [0.2, 0.25) is 10.0 Å². The van der Waals surface area contributed by atoms with Crippen molar-refractivity contribution in [1.82, 2.24) is 4.31 Å². The van der Waals surface area contributed by atoms with Crippen molar-refractivity contribution in [2.24, 2.45) is 11.8 Å². The molecule has 1 saturated carbocycles. The zero-order valence-corrected chi connectivity index (χ0v) is 12.1. The van der Waals surface area contributed by atoms with E-state index < -0.39 is 27.3 Å². The van der Waals surface area contributed by atoms with Gasteiger partial charge in [-0.15, -0.1) is 0 Å². The molecule has 2 N–H and O–H groups in total. The summed E-state index contributed by atoms with van der Waals surface area (Å²) in [5.41, 5.74) is -0.417. The molecule has 2 rings (SSSR count). The van der Waals surface area contributed by atoms with Crippen molar-refractivity contribution in [1.29, 1.82) is 0 Å². The lowest BCUT2D eigenvalue weighted by Crippen LogP contribution is -2.29. The molecule has 0 saturated heterocycles. The van der Waals surface area contributed by atoms with E-state index in [0.29, 0.717) is 18.4 Å². The fourth-order valence-electron chi connectivity index (χ4n) is 2.11. The van der Waals surface area contributed by atoms with E-state index in [1.54, 1.807) is 0 Å². The number of hydrogen-bond donors (Lipinski definition) is 2. The average molecular weight is 299 g/mol. The average Bonchev–Trinajstić information content (AvgIpc) is 3.04. The summed E-state index contributed by atoms with van der Waals surface area (Å²) >= 11 is 0. The molecule has 1 fully saturated rings. The van der Waals surface area contributed by atoms with Crippen molar-refractivity contribution < 1.29 is 23.4 Å². The number of nitrogens with zero attached hydrogens (tertiary/aromatic N) is 1. The predicted octanol–water partition coefficient (Wildman–Crippen LogP) is 1.37. The molecule has 0 amide bonds. The SMILES string of the molecule is CC1CC1CN(C)S(=O)(=O)c1ccc(O)c(C(=O)O)c1. The smallest absolute Gasteiger partial charge is 0.339 e. The lowest BCUT2D eigenvalue weighted by molar-refractivity contribution is 0.0693. The van der Waals surface area contributed by atoms with E-state index in [0.717, 1.165) is 18.6 Å². The van der Waals surface area contributed by atoms with Gasteiger partial charge in [0.05, 0.1) is 4.90 Å². The molecule has 6 nitrogen and oxygen atoms in total. The maximum Gasteiger partial charge on any atom is 0.339 e. The van der Waals surface area contributed by atoms with E-state index in [1.807, 2.05) is 0 Å². The summed E-state index contributed by atoms with van der Waals surface area (Å²) in [5.74, 6) is -0.916. The summed E-state index contributed by atoms with van der Waals surface area (Å²) < 4.78 is 25.9. The molecule has 1 aliphatic rings. The standard InChI is InChI=1S/C13H17NO5S/c1-8-5-9(8)7-14(2)20(18,19)10-3-4-12(15)11(6-10)13(16)17/h3-4,6,8-9,15H,5,7H2,1-2H3,(H,16,17). The second kappa shape index (κ2) is 5.06. The highest BCUT2D eigenvalue weighted by atomic mass is 32.2. The monoisotopic (exact) mass is 299 g/mol. The van der Waals surface area contributed by atoms with Crippen LogP contribution in [0.3, 0.4) is 0 Å². The molecule has 2 atom stereocenters. The van der Waals surface area contributed by atoms with Crippen molar-refractivity contribution in [3.8, 4) is 5.75 Å². The van der Waals surface area contributed by atoms with Crippen LogP contribution in [0.1, 0.15) is 23.7 Å². The lowest BCUT2D eigenvalue weighted by atomic mass is 10.2. The number of carboxylic acids is 1. The van der Waals surface area contributed by atoms with Crippen LogP contribution in [-0.2, 0) is 10.0 Å². The largest absolute Gasteiger partial charge is 0.507 e. The van der Waals surface area contributed by atoms with Crippen LogP contribution < -0.4 is 0 Å². The van der Waals surface area contributed by atoms with E-state index in [2.05, 4.69) is 6.92 Å². The van der Waals surface area contributed by atoms with E-state index in [-0.39, 0.29) is 4.90 Å². The van der Waals surface area contributed by atoms with Crippen LogP contribution >= 0.6 is 0 Å². The van der Waals surface area contributed by atoms with Crippen molar-refractivity contribution in [2.75, 3.05) is 13.6 Å². The first kappa shape index (κ1) is 14.8. The van der Waals surface area contributed by atoms with Gasteiger partial charge in [-0.05, 0) is 36.5 Å². The highest BCUT2D eigenvalue weighted by molar-refractivity contribution is 7.89. The van der Waals surface area contributed by atoms with Crippen LogP contribution in [-0.4, -0.2) is 42.5 Å². The molecule has 110 valence electrons. The summed E-state index contributed by atoms with van der Waals surface area (Å²) in [5, 5.41) is 18.3. The number of rotatable bonds is 5. The third kappa shape index (κ3) is 2.78. The molecule has 2 unspecified atom stereocenters. The van der Waals surface area contributed by atoms with Crippen LogP contribution in [0, 0.1) is 11.8 Å². The number of hydrogen-bond acceptors (Lipinski definition) is 4. The molecule has 1 aromatic rings. The Morgan fingerprint density at radius 3 is 2.55 bits per heavy atom. The van der Waals surface area contributed by atoms with Crippen LogP contribution in [0.5, 0.6) is 5.75 Å². The third-order valence-corrected chi connectivity index (χ3v) is 5.49. The molecule has 1 aromatic carbocycles. The van der Waals surface area contributed by atoms with Crippen molar-refractivity contribution in [3.63, 3.8) is 0 Å². The molecule has 0 radical (unpaired) electrons. The zero-order chi connectivity index (χ0) is 15.1. The first-order valence-electron chi connectivity index (χ1n) is 6.26. The molecule has 0 aromatic heterocycles. The van der Waals surface area contributed by atoms with Gasteiger partial charge in [-0.2, -0.15) is 0 Å². The highest BCUT2D eigenvalue weighted by Gasteiger charge is 2.36. The number of aromatic hydroxyl groups is 1. The number of carboxylic acid groups (broad SMARTS) is 1. The van der Waals surface area contributed by atoms with Gasteiger partial charge in [-0.25, -0.2) is 17.5 Å². The second-order valence-electron chi connectivity index (χ2n) is 5.24. The Kier molecular flexibility index (Phi) is 3.75. The maximum atomic E-state index is 12.3. The fourth-order valence-corrected chi connectivity index (χ4v) is 3.36. The number of sulfonamides is 1. The molecule has 0 bridgehead atoms. The van der Waals surface area contributed by atoms with E-state index in [1.165, 1.54) is 17.4 Å². The van der Waals surface area contributed by atoms with Gasteiger partial charge in [0.15, 0.2) is 0 Å². The number of carbonyl (C=O) groups is 1. The van der Waals surface area contributed by atoms with Gasteiger partial charge in [-0.1, -0.05) is 6.92 Å². The van der Waals surface area contributed by atoms with E-state index in [9.17, 15) is 18.3 Å². The van der Waals surface area contributed by atoms with Gasteiger partial charge < -0.3 is 10.2 Å². The van der Waals surface area contributed by atoms with Gasteiger partial charge in [0.1, 0.15) is 11.3 Å². The maximum absolute atomic E-state index is 12.3. The normalized spacial score (nSPS) is 21.9. The Hall–Kier alpha value is -1.60. The van der Waals surface area contributed by atoms with Gasteiger partial charge in [-0.3, -0.25) is 0 Å². The summed E-state index contributed by atoms with van der Waals surface area (Å²) in [7, 11) is -2.25. The highest BCUT2D eigenvalue weighted by Crippen LogP contribution is 2.38. The number of aromatic carboxylic acids is 1. The van der Waals surface area contributed by atoms with E-state index in [4.69, 9.17) is 5.11 Å². The van der Waals surface area contributed by atoms with Gasteiger partial charge in [0.25, 0.3) is 0 Å². The third-order valence-electron chi connectivity index (χ3n) is 3.67. The molecular formula is C13H17NO5S. The van der Waals surface area contributed by atoms with Crippen LogP contribution in [0.25, 0.3) is 0 Å². The Balaban J connectivity index is 2.29. The first-order valence-corrected chi connectivity index (χ1v) is 7.70. The summed E-state index contributed by atoms with van der Waals surface area (Å²) in [6, 6.07) is 3.29. The van der Waals surface area contributed by atoms with Crippen molar-refractivity contribution >= 4 is 16.0 Å². The molecule has 0 spiro atoms. The summed E-state index contributed by atoms with van der Waals surface area (Å²) in [4.78, 5) is 10.8. The van der Waals surface area contributed by atoms with Crippen molar-refractivity contribution in [2.45, 2.75) is 18.2 Å². The lowest BCUT2D eigenvalue weighted by Gasteiger charge is -2.17.